The van der Waals surface area contributed by atoms with Gasteiger partial charge >= 0.3 is 0 Å². The van der Waals surface area contributed by atoms with E-state index in [1.54, 1.807) is 0 Å². The lowest BCUT2D eigenvalue weighted by atomic mass is 9.84. The van der Waals surface area contributed by atoms with Crippen LogP contribution in [-0.4, -0.2) is 7.05 Å². The summed E-state index contributed by atoms with van der Waals surface area (Å²) in [6.45, 7) is 4.11. The summed E-state index contributed by atoms with van der Waals surface area (Å²) < 4.78 is 5.65. The molecule has 1 aromatic heterocycles. The zero-order valence-corrected chi connectivity index (χ0v) is 12.1. The SMILES string of the molecule is CNC(CCC1CCCCC1)c1cc(C)oc1C. The molecule has 2 nitrogen and oxygen atoms in total. The van der Waals surface area contributed by atoms with Gasteiger partial charge in [-0.2, -0.15) is 0 Å². The van der Waals surface area contributed by atoms with Crippen molar-refractivity contribution >= 4 is 0 Å². The summed E-state index contributed by atoms with van der Waals surface area (Å²) in [7, 11) is 2.06. The first kappa shape index (κ1) is 13.7. The zero-order valence-electron chi connectivity index (χ0n) is 12.1. The third-order valence-corrected chi connectivity index (χ3v) is 4.39. The molecule has 0 aromatic carbocycles. The van der Waals surface area contributed by atoms with Gasteiger partial charge in [0.25, 0.3) is 0 Å². The molecule has 1 atom stereocenters. The van der Waals surface area contributed by atoms with Gasteiger partial charge in [0.15, 0.2) is 0 Å². The molecule has 0 amide bonds. The Hall–Kier alpha value is -0.760. The Morgan fingerprint density at radius 1 is 1.28 bits per heavy atom. The molecule has 1 unspecified atom stereocenters. The molecular formula is C16H27NO. The van der Waals surface area contributed by atoms with E-state index in [0.717, 1.165) is 17.4 Å². The van der Waals surface area contributed by atoms with Crippen LogP contribution in [0.1, 0.15) is 68.1 Å². The van der Waals surface area contributed by atoms with Gasteiger partial charge in [-0.15, -0.1) is 0 Å². The van der Waals surface area contributed by atoms with Gasteiger partial charge < -0.3 is 9.73 Å². The highest BCUT2D eigenvalue weighted by Crippen LogP contribution is 2.31. The van der Waals surface area contributed by atoms with Crippen LogP contribution in [0.5, 0.6) is 0 Å². The topological polar surface area (TPSA) is 25.2 Å². The molecule has 2 rings (SSSR count). The van der Waals surface area contributed by atoms with Crippen LogP contribution in [0.25, 0.3) is 0 Å². The van der Waals surface area contributed by atoms with Crippen molar-refractivity contribution in [3.8, 4) is 0 Å². The summed E-state index contributed by atoms with van der Waals surface area (Å²) in [5.74, 6) is 3.07. The normalized spacial score (nSPS) is 19.1. The molecule has 1 N–H and O–H groups in total. The lowest BCUT2D eigenvalue weighted by Crippen LogP contribution is -2.18. The van der Waals surface area contributed by atoms with E-state index in [0.29, 0.717) is 6.04 Å². The van der Waals surface area contributed by atoms with E-state index >= 15 is 0 Å². The van der Waals surface area contributed by atoms with Crippen molar-refractivity contribution < 1.29 is 4.42 Å². The van der Waals surface area contributed by atoms with Crippen LogP contribution in [0, 0.1) is 19.8 Å². The molecule has 2 heteroatoms. The van der Waals surface area contributed by atoms with E-state index in [2.05, 4.69) is 25.4 Å². The minimum Gasteiger partial charge on any atom is -0.466 e. The highest BCUT2D eigenvalue weighted by molar-refractivity contribution is 5.23. The van der Waals surface area contributed by atoms with Gasteiger partial charge in [-0.1, -0.05) is 32.1 Å². The monoisotopic (exact) mass is 249 g/mol. The molecule has 0 radical (unpaired) electrons. The van der Waals surface area contributed by atoms with Crippen molar-refractivity contribution in [1.29, 1.82) is 0 Å². The number of nitrogens with one attached hydrogen (secondary N) is 1. The molecule has 1 heterocycles. The molecule has 0 spiro atoms. The molecule has 18 heavy (non-hydrogen) atoms. The summed E-state index contributed by atoms with van der Waals surface area (Å²) in [4.78, 5) is 0. The minimum absolute atomic E-state index is 0.462. The Balaban J connectivity index is 1.90. The molecule has 0 saturated heterocycles. The molecule has 1 aliphatic carbocycles. The van der Waals surface area contributed by atoms with Gasteiger partial charge in [0.1, 0.15) is 11.5 Å². The average Bonchev–Trinajstić information content (AvgIpc) is 2.71. The third kappa shape index (κ3) is 3.38. The Kier molecular flexibility index (Phi) is 4.87. The first-order chi connectivity index (χ1) is 8.70. The standard InChI is InChI=1S/C16H27NO/c1-12-11-15(13(2)18-12)16(17-3)10-9-14-7-5-4-6-8-14/h11,14,16-17H,4-10H2,1-3H3. The average molecular weight is 249 g/mol. The smallest absolute Gasteiger partial charge is 0.105 e. The Morgan fingerprint density at radius 2 is 2.00 bits per heavy atom. The second-order valence-corrected chi connectivity index (χ2v) is 5.79. The number of furan rings is 1. The fourth-order valence-corrected chi connectivity index (χ4v) is 3.33. The maximum absolute atomic E-state index is 5.65. The quantitative estimate of drug-likeness (QED) is 0.830. The van der Waals surface area contributed by atoms with Gasteiger partial charge in [0.05, 0.1) is 0 Å². The fourth-order valence-electron chi connectivity index (χ4n) is 3.33. The van der Waals surface area contributed by atoms with E-state index in [9.17, 15) is 0 Å². The lowest BCUT2D eigenvalue weighted by molar-refractivity contribution is 0.316. The van der Waals surface area contributed by atoms with Crippen molar-refractivity contribution in [3.05, 3.63) is 23.2 Å². The van der Waals surface area contributed by atoms with Gasteiger partial charge in [-0.25, -0.2) is 0 Å². The number of hydrogen-bond acceptors (Lipinski definition) is 2. The van der Waals surface area contributed by atoms with Crippen LogP contribution in [0.2, 0.25) is 0 Å². The van der Waals surface area contributed by atoms with E-state index in [1.807, 2.05) is 6.92 Å². The van der Waals surface area contributed by atoms with Crippen molar-refractivity contribution in [2.75, 3.05) is 7.05 Å². The van der Waals surface area contributed by atoms with E-state index in [-0.39, 0.29) is 0 Å². The summed E-state index contributed by atoms with van der Waals surface area (Å²) >= 11 is 0. The molecule has 1 fully saturated rings. The summed E-state index contributed by atoms with van der Waals surface area (Å²) in [6.07, 6.45) is 9.82. The van der Waals surface area contributed by atoms with Crippen LogP contribution < -0.4 is 5.32 Å². The van der Waals surface area contributed by atoms with E-state index < -0.39 is 0 Å². The molecule has 0 aliphatic heterocycles. The molecular weight excluding hydrogens is 222 g/mol. The largest absolute Gasteiger partial charge is 0.466 e. The maximum atomic E-state index is 5.65. The van der Waals surface area contributed by atoms with Crippen molar-refractivity contribution in [3.63, 3.8) is 0 Å². The van der Waals surface area contributed by atoms with Gasteiger partial charge in [-0.05, 0) is 45.7 Å². The summed E-state index contributed by atoms with van der Waals surface area (Å²) in [6, 6.07) is 2.65. The third-order valence-electron chi connectivity index (χ3n) is 4.39. The number of rotatable bonds is 5. The number of aryl methyl sites for hydroxylation is 2. The number of hydrogen-bond donors (Lipinski definition) is 1. The molecule has 1 aliphatic rings. The minimum atomic E-state index is 0.462. The van der Waals surface area contributed by atoms with E-state index in [1.165, 1.54) is 50.5 Å². The van der Waals surface area contributed by atoms with Crippen LogP contribution in [0.3, 0.4) is 0 Å². The molecule has 1 saturated carbocycles. The second kappa shape index (κ2) is 6.42. The van der Waals surface area contributed by atoms with Crippen LogP contribution in [0.4, 0.5) is 0 Å². The second-order valence-electron chi connectivity index (χ2n) is 5.79. The van der Waals surface area contributed by atoms with Crippen LogP contribution in [0.15, 0.2) is 10.5 Å². The van der Waals surface area contributed by atoms with Crippen LogP contribution >= 0.6 is 0 Å². The van der Waals surface area contributed by atoms with Crippen molar-refractivity contribution in [2.24, 2.45) is 5.92 Å². The zero-order chi connectivity index (χ0) is 13.0. The predicted molar refractivity (Wildman–Crippen MR) is 75.8 cm³/mol. The Labute approximate surface area is 111 Å². The molecule has 102 valence electrons. The lowest BCUT2D eigenvalue weighted by Gasteiger charge is -2.24. The highest BCUT2D eigenvalue weighted by Gasteiger charge is 2.19. The predicted octanol–water partition coefficient (Wildman–Crippen LogP) is 4.52. The Morgan fingerprint density at radius 3 is 2.56 bits per heavy atom. The first-order valence-electron chi connectivity index (χ1n) is 7.45. The first-order valence-corrected chi connectivity index (χ1v) is 7.45. The maximum Gasteiger partial charge on any atom is 0.105 e. The van der Waals surface area contributed by atoms with Crippen molar-refractivity contribution in [2.45, 2.75) is 64.8 Å². The summed E-state index contributed by atoms with van der Waals surface area (Å²) in [5.41, 5.74) is 1.35. The van der Waals surface area contributed by atoms with Gasteiger partial charge in [0, 0.05) is 11.6 Å². The van der Waals surface area contributed by atoms with Gasteiger partial charge in [-0.3, -0.25) is 0 Å². The molecule has 1 aromatic rings. The highest BCUT2D eigenvalue weighted by atomic mass is 16.3. The van der Waals surface area contributed by atoms with E-state index in [4.69, 9.17) is 4.42 Å². The van der Waals surface area contributed by atoms with Crippen LogP contribution in [-0.2, 0) is 0 Å². The van der Waals surface area contributed by atoms with Crippen molar-refractivity contribution in [1.82, 2.24) is 5.32 Å². The van der Waals surface area contributed by atoms with Gasteiger partial charge in [0.2, 0.25) is 0 Å². The summed E-state index contributed by atoms with van der Waals surface area (Å²) in [5, 5.41) is 3.45. The Bertz CT molecular complexity index is 363. The fraction of sp³-hybridized carbons (Fsp3) is 0.750. The molecule has 0 bridgehead atoms.